The van der Waals surface area contributed by atoms with Gasteiger partial charge in [0.25, 0.3) is 5.91 Å². The van der Waals surface area contributed by atoms with Gasteiger partial charge in [-0.1, -0.05) is 169 Å². The maximum absolute atomic E-state index is 13.9. The maximum Gasteiger partial charge on any atom is 0.251 e. The first-order valence-electron chi connectivity index (χ1n) is 42.8. The second-order valence-corrected chi connectivity index (χ2v) is 33.1. The molecule has 12 aromatic carbocycles. The molecule has 0 unspecified atom stereocenters. The van der Waals surface area contributed by atoms with Gasteiger partial charge >= 0.3 is 0 Å². The summed E-state index contributed by atoms with van der Waals surface area (Å²) < 4.78 is 82.9. The molecule has 10 heterocycles. The summed E-state index contributed by atoms with van der Waals surface area (Å²) in [5.41, 5.74) is 30.0. The van der Waals surface area contributed by atoms with Crippen LogP contribution in [0, 0.1) is 76.4 Å². The summed E-state index contributed by atoms with van der Waals surface area (Å²) in [6.45, 7) is 11.5. The van der Waals surface area contributed by atoms with E-state index in [1.165, 1.54) is 69.7 Å². The SMILES string of the molecule is CNC(=O)c1cccc2nc(-c3c[nH]c4c(C)c(F)c(F)cc34)ccc12.Cc1cc(Cl)cc2c(-c3ccc4ccccc4n3)c[nH]c12.Cc1cc(F)cc2c(-c3ccc4ccccc4n3)c[nH]c12.Cc1cc2c(cc1F)C(c1ccc3c(F)cccc3n1)=CC2.Cc1cccc2c(-c3ccc4ccccc4n3)c[nH]c12.Cc1cccc2c1CC=C2c1ccc2cccc(F)c2n1.Cl. The fourth-order valence-electron chi connectivity index (χ4n) is 17.6. The molecule has 648 valence electrons. The minimum Gasteiger partial charge on any atom is -0.360 e. The normalized spacial score (nSPS) is 11.9. The maximum atomic E-state index is 13.9. The number of aromatic nitrogens is 10. The van der Waals surface area contributed by atoms with Crippen LogP contribution in [0.25, 0.3) is 165 Å². The van der Waals surface area contributed by atoms with Gasteiger partial charge in [0.1, 0.15) is 28.8 Å². The van der Waals surface area contributed by atoms with Crippen LogP contribution in [0.5, 0.6) is 0 Å². The summed E-state index contributed by atoms with van der Waals surface area (Å²) in [5.74, 6) is -2.91. The Hall–Kier alpha value is -15.6. The van der Waals surface area contributed by atoms with E-state index in [9.17, 15) is 31.1 Å². The van der Waals surface area contributed by atoms with E-state index in [4.69, 9.17) is 21.6 Å². The van der Waals surface area contributed by atoms with E-state index in [-0.39, 0.29) is 47.1 Å². The van der Waals surface area contributed by atoms with Crippen molar-refractivity contribution < 1.29 is 31.1 Å². The number of halogens is 8. The number of allylic oxidation sites excluding steroid dienone is 2. The minimum absolute atomic E-state index is 0. The van der Waals surface area contributed by atoms with Crippen molar-refractivity contribution in [2.75, 3.05) is 7.05 Å². The molecule has 0 bridgehead atoms. The Kier molecular flexibility index (Phi) is 24.3. The van der Waals surface area contributed by atoms with Crippen LogP contribution >= 0.6 is 24.0 Å². The van der Waals surface area contributed by atoms with Gasteiger partial charge in [0, 0.05) is 152 Å². The average Bonchev–Trinajstić information content (AvgIpc) is 1.56. The number of amides is 1. The monoisotopic (exact) mass is 1780 g/mol. The number of pyridine rings is 6. The average molecular weight is 1780 g/mol. The summed E-state index contributed by atoms with van der Waals surface area (Å²) in [6.07, 6.45) is 13.6. The van der Waals surface area contributed by atoms with Crippen LogP contribution in [-0.4, -0.2) is 62.8 Å². The van der Waals surface area contributed by atoms with E-state index in [0.717, 1.165) is 156 Å². The van der Waals surface area contributed by atoms with Gasteiger partial charge in [-0.25, -0.2) is 56.2 Å². The highest BCUT2D eigenvalue weighted by Gasteiger charge is 2.24. The van der Waals surface area contributed by atoms with Gasteiger partial charge < -0.3 is 25.3 Å². The summed E-state index contributed by atoms with van der Waals surface area (Å²) in [6, 6.07) is 87.4. The van der Waals surface area contributed by atoms with Crippen LogP contribution < -0.4 is 5.32 Å². The lowest BCUT2D eigenvalue weighted by molar-refractivity contribution is 0.0964. The van der Waals surface area contributed by atoms with Gasteiger partial charge in [-0.05, 0) is 238 Å². The van der Waals surface area contributed by atoms with Crippen molar-refractivity contribution in [2.45, 2.75) is 54.4 Å². The zero-order valence-electron chi connectivity index (χ0n) is 72.6. The molecule has 24 rings (SSSR count). The summed E-state index contributed by atoms with van der Waals surface area (Å²) in [7, 11) is 1.57. The van der Waals surface area contributed by atoms with Gasteiger partial charge in [0.05, 0.1) is 67.3 Å². The zero-order valence-corrected chi connectivity index (χ0v) is 74.2. The molecule has 0 saturated carbocycles. The molecular formula is C112H83Cl2F6N11O. The van der Waals surface area contributed by atoms with Gasteiger partial charge in [0.2, 0.25) is 0 Å². The highest BCUT2D eigenvalue weighted by atomic mass is 35.5. The zero-order chi connectivity index (χ0) is 90.4. The predicted octanol–water partition coefficient (Wildman–Crippen LogP) is 29.1. The molecule has 20 heteroatoms. The van der Waals surface area contributed by atoms with Crippen molar-refractivity contribution in [3.8, 4) is 45.0 Å². The van der Waals surface area contributed by atoms with E-state index in [1.54, 1.807) is 80.8 Å². The molecule has 0 saturated heterocycles. The van der Waals surface area contributed by atoms with Crippen molar-refractivity contribution in [1.82, 2.24) is 55.2 Å². The molecule has 0 aliphatic heterocycles. The van der Waals surface area contributed by atoms with Crippen molar-refractivity contribution in [1.29, 1.82) is 0 Å². The second-order valence-electron chi connectivity index (χ2n) is 32.6. The number of aromatic amines is 4. The van der Waals surface area contributed by atoms with Crippen LogP contribution in [0.2, 0.25) is 5.02 Å². The predicted molar refractivity (Wildman–Crippen MR) is 528 cm³/mol. The molecular weight excluding hydrogens is 1700 g/mol. The van der Waals surface area contributed by atoms with E-state index < -0.39 is 11.6 Å². The Bertz CT molecular complexity index is 8240. The molecule has 10 aromatic heterocycles. The highest BCUT2D eigenvalue weighted by Crippen LogP contribution is 2.41. The Morgan fingerprint density at radius 3 is 1.43 bits per heavy atom. The van der Waals surface area contributed by atoms with E-state index in [2.05, 4.69) is 163 Å². The smallest absolute Gasteiger partial charge is 0.251 e. The number of hydrogen-bond donors (Lipinski definition) is 5. The molecule has 2 aliphatic carbocycles. The third-order valence-corrected chi connectivity index (χ3v) is 24.6. The number of rotatable bonds is 7. The van der Waals surface area contributed by atoms with Crippen LogP contribution in [0.4, 0.5) is 26.3 Å². The van der Waals surface area contributed by atoms with Crippen molar-refractivity contribution >= 4 is 150 Å². The number of para-hydroxylation sites is 5. The quantitative estimate of drug-likeness (QED) is 0.0989. The number of carbonyl (C=O) groups is 1. The summed E-state index contributed by atoms with van der Waals surface area (Å²) in [5, 5.41) is 12.6. The fourth-order valence-corrected chi connectivity index (χ4v) is 17.9. The molecule has 2 aliphatic rings. The number of hydrogen-bond acceptors (Lipinski definition) is 7. The van der Waals surface area contributed by atoms with Gasteiger partial charge in [-0.2, -0.15) is 0 Å². The number of fused-ring (bicyclic) bond motifs is 12. The molecule has 0 spiro atoms. The second kappa shape index (κ2) is 36.8. The van der Waals surface area contributed by atoms with Crippen LogP contribution in [0.1, 0.15) is 77.4 Å². The Balaban J connectivity index is 0.000000106. The third-order valence-electron chi connectivity index (χ3n) is 24.3. The van der Waals surface area contributed by atoms with Crippen LogP contribution in [0.3, 0.4) is 0 Å². The number of aryl methyl sites for hydroxylation is 6. The molecule has 12 nitrogen and oxygen atoms in total. The third kappa shape index (κ3) is 17.1. The number of carbonyl (C=O) groups excluding carboxylic acids is 1. The molecule has 22 aromatic rings. The number of H-pyrrole nitrogens is 4. The standard InChI is InChI=1S/C20H15F2N3O.C19H13F2N.C19H14FN.C18H13ClN2.C18H13FN2.C18H14N2.ClH/c1-10-18(22)15(21)8-13-14(9-24-19(10)13)17-7-6-11-12(20(26)23-2)4-3-5-16(11)25-17;1-11-9-12-5-6-13(15(12)10-17(11)21)19-8-7-14-16(20)3-2-4-18(14)22-19;1-12-4-2-6-15-14(12)9-10-16(15)18-11-8-13-5-3-7-17(20)19(13)21-18;2*1-11-8-13(19)9-14-15(10-20-18(11)14)17-7-6-12-4-2-3-5-16(12)21-17;1-12-5-4-7-14-15(11-19-18(12)14)17-10-9-13-6-2-3-8-16(13)20-17;/h3-9,24H,1-2H3,(H,23,26);2-4,6-10H,5H2,1H3;2-8,10-11H,9H2,1H3;2*2-10,20H,1H3;2-11,19H,1H3;1H. The lowest BCUT2D eigenvalue weighted by Gasteiger charge is -2.08. The molecule has 1 amide bonds. The molecule has 0 radical (unpaired) electrons. The first kappa shape index (κ1) is 87.1. The van der Waals surface area contributed by atoms with Crippen molar-refractivity contribution in [3.63, 3.8) is 0 Å². The minimum atomic E-state index is -0.890. The van der Waals surface area contributed by atoms with Crippen molar-refractivity contribution in [3.05, 3.63) is 429 Å². The Labute approximate surface area is 766 Å². The lowest BCUT2D eigenvalue weighted by Crippen LogP contribution is -2.18. The van der Waals surface area contributed by atoms with Gasteiger partial charge in [0.15, 0.2) is 11.6 Å². The summed E-state index contributed by atoms with van der Waals surface area (Å²) in [4.78, 5) is 52.8. The Morgan fingerprint density at radius 2 is 0.788 bits per heavy atom. The first-order chi connectivity index (χ1) is 63.6. The van der Waals surface area contributed by atoms with Crippen molar-refractivity contribution in [2.24, 2.45) is 0 Å². The molecule has 5 N–H and O–H groups in total. The largest absolute Gasteiger partial charge is 0.360 e. The summed E-state index contributed by atoms with van der Waals surface area (Å²) >= 11 is 6.20. The van der Waals surface area contributed by atoms with E-state index >= 15 is 0 Å². The number of nitrogens with zero attached hydrogens (tertiary/aromatic N) is 6. The fraction of sp³-hybridized carbons (Fsp3) is 0.0804. The van der Waals surface area contributed by atoms with Crippen LogP contribution in [0.15, 0.2) is 316 Å². The molecule has 132 heavy (non-hydrogen) atoms. The number of benzene rings is 12. The first-order valence-corrected chi connectivity index (χ1v) is 43.2. The lowest BCUT2D eigenvalue weighted by atomic mass is 9.99. The van der Waals surface area contributed by atoms with Crippen LogP contribution in [-0.2, 0) is 12.8 Å². The molecule has 0 atom stereocenters. The van der Waals surface area contributed by atoms with Gasteiger partial charge in [-0.3, -0.25) is 4.79 Å². The highest BCUT2D eigenvalue weighted by molar-refractivity contribution is 6.31. The Morgan fingerprint density at radius 1 is 0.333 bits per heavy atom. The topological polar surface area (TPSA) is 170 Å². The van der Waals surface area contributed by atoms with E-state index in [0.29, 0.717) is 55.2 Å². The molecule has 0 fully saturated rings. The number of nitrogens with one attached hydrogen (secondary N) is 5. The van der Waals surface area contributed by atoms with Gasteiger partial charge in [-0.15, -0.1) is 12.4 Å². The van der Waals surface area contributed by atoms with E-state index in [1.807, 2.05) is 135 Å².